The van der Waals surface area contributed by atoms with Gasteiger partial charge in [0.1, 0.15) is 0 Å². The molecule has 0 aliphatic rings. The lowest BCUT2D eigenvalue weighted by atomic mass is 10.1. The van der Waals surface area contributed by atoms with E-state index in [2.05, 4.69) is 32.3 Å². The van der Waals surface area contributed by atoms with Gasteiger partial charge in [-0.15, -0.1) is 6.58 Å². The topological polar surface area (TPSA) is 42.2 Å². The molecule has 0 aromatic rings. The molecule has 1 atom stereocenters. The zero-order valence-electron chi connectivity index (χ0n) is 9.46. The third-order valence-electron chi connectivity index (χ3n) is 1.38. The van der Waals surface area contributed by atoms with Crippen molar-refractivity contribution in [3.05, 3.63) is 12.7 Å². The van der Waals surface area contributed by atoms with Crippen LogP contribution in [0.2, 0.25) is 19.6 Å². The third kappa shape index (κ3) is 5.92. The molecular formula is C10H19NO2Si. The Bertz CT molecular complexity index is 229. The van der Waals surface area contributed by atoms with Crippen molar-refractivity contribution >= 4 is 8.32 Å². The minimum atomic E-state index is -1.70. The number of nitrogens with zero attached hydrogens (tertiary/aromatic N) is 1. The third-order valence-corrected chi connectivity index (χ3v) is 2.44. The van der Waals surface area contributed by atoms with Crippen LogP contribution < -0.4 is 0 Å². The lowest BCUT2D eigenvalue weighted by molar-refractivity contribution is 0.0259. The molecule has 0 amide bonds. The van der Waals surface area contributed by atoms with Gasteiger partial charge in [-0.1, -0.05) is 6.08 Å². The molecule has 0 radical (unpaired) electrons. The molecule has 0 heterocycles. The van der Waals surface area contributed by atoms with Crippen molar-refractivity contribution in [2.24, 2.45) is 0 Å². The molecule has 80 valence electrons. The molecule has 0 fully saturated rings. The van der Waals surface area contributed by atoms with Gasteiger partial charge in [-0.3, -0.25) is 0 Å². The average Bonchev–Trinajstić information content (AvgIpc) is 2.02. The monoisotopic (exact) mass is 213 g/mol. The molecule has 0 aromatic carbocycles. The summed E-state index contributed by atoms with van der Waals surface area (Å²) in [6.45, 7) is 12.2. The highest BCUT2D eigenvalue weighted by Gasteiger charge is 2.31. The van der Waals surface area contributed by atoms with E-state index in [0.717, 1.165) is 0 Å². The van der Waals surface area contributed by atoms with Crippen molar-refractivity contribution in [1.82, 2.24) is 0 Å². The summed E-state index contributed by atoms with van der Waals surface area (Å²) >= 11 is 0. The predicted molar refractivity (Wildman–Crippen MR) is 59.5 cm³/mol. The van der Waals surface area contributed by atoms with Crippen LogP contribution in [0.1, 0.15) is 6.92 Å². The Morgan fingerprint density at radius 3 is 2.43 bits per heavy atom. The SMILES string of the molecule is C=CCOC[C@@](C)(C#N)O[Si](C)(C)C. The van der Waals surface area contributed by atoms with E-state index < -0.39 is 13.9 Å². The molecule has 0 spiro atoms. The normalized spacial score (nSPS) is 15.6. The molecule has 3 nitrogen and oxygen atoms in total. The standard InChI is InChI=1S/C10H19NO2Si/c1-6-7-12-9-10(2,8-11)13-14(3,4)5/h6H,1,7,9H2,2-5H3/t10-/m1/s1. The van der Waals surface area contributed by atoms with E-state index in [1.54, 1.807) is 13.0 Å². The highest BCUT2D eigenvalue weighted by Crippen LogP contribution is 2.17. The van der Waals surface area contributed by atoms with Gasteiger partial charge in [0.15, 0.2) is 13.9 Å². The Kier molecular flexibility index (Phi) is 5.06. The van der Waals surface area contributed by atoms with Crippen LogP contribution in [0.4, 0.5) is 0 Å². The number of nitriles is 1. The van der Waals surface area contributed by atoms with Crippen LogP contribution in [-0.4, -0.2) is 27.1 Å². The Hall–Kier alpha value is -0.633. The van der Waals surface area contributed by atoms with E-state index in [9.17, 15) is 0 Å². The summed E-state index contributed by atoms with van der Waals surface area (Å²) in [5, 5.41) is 8.99. The van der Waals surface area contributed by atoms with Crippen molar-refractivity contribution in [3.63, 3.8) is 0 Å². The van der Waals surface area contributed by atoms with Gasteiger partial charge in [0.05, 0.1) is 19.3 Å². The second-order valence-corrected chi connectivity index (χ2v) is 8.79. The zero-order valence-corrected chi connectivity index (χ0v) is 10.5. The Morgan fingerprint density at radius 1 is 1.50 bits per heavy atom. The molecule has 0 bridgehead atoms. The zero-order chi connectivity index (χ0) is 11.2. The molecule has 0 aliphatic carbocycles. The first kappa shape index (κ1) is 13.4. The van der Waals surface area contributed by atoms with Crippen LogP contribution in [0.25, 0.3) is 0 Å². The van der Waals surface area contributed by atoms with E-state index in [1.807, 2.05) is 0 Å². The second kappa shape index (κ2) is 5.30. The number of hydrogen-bond acceptors (Lipinski definition) is 3. The molecule has 0 saturated carbocycles. The molecule has 0 rings (SSSR count). The Balaban J connectivity index is 4.20. The number of hydrogen-bond donors (Lipinski definition) is 0. The van der Waals surface area contributed by atoms with E-state index in [1.165, 1.54) is 0 Å². The maximum Gasteiger partial charge on any atom is 0.186 e. The average molecular weight is 213 g/mol. The van der Waals surface area contributed by atoms with Crippen LogP contribution in [-0.2, 0) is 9.16 Å². The minimum Gasteiger partial charge on any atom is -0.398 e. The summed E-state index contributed by atoms with van der Waals surface area (Å²) < 4.78 is 11.0. The molecule has 4 heteroatoms. The first-order chi connectivity index (χ1) is 6.33. The lowest BCUT2D eigenvalue weighted by Crippen LogP contribution is -2.42. The summed E-state index contributed by atoms with van der Waals surface area (Å²) in [7, 11) is -1.70. The largest absolute Gasteiger partial charge is 0.398 e. The summed E-state index contributed by atoms with van der Waals surface area (Å²) in [6, 6.07) is 2.15. The minimum absolute atomic E-state index is 0.291. The Labute approximate surface area is 87.5 Å². The van der Waals surface area contributed by atoms with Gasteiger partial charge in [-0.25, -0.2) is 0 Å². The quantitative estimate of drug-likeness (QED) is 0.386. The first-order valence-electron chi connectivity index (χ1n) is 4.63. The number of ether oxygens (including phenoxy) is 1. The Morgan fingerprint density at radius 2 is 2.07 bits per heavy atom. The fraction of sp³-hybridized carbons (Fsp3) is 0.700. The summed E-state index contributed by atoms with van der Waals surface area (Å²) in [4.78, 5) is 0. The predicted octanol–water partition coefficient (Wildman–Crippen LogP) is 2.32. The molecule has 0 saturated heterocycles. The van der Waals surface area contributed by atoms with E-state index >= 15 is 0 Å². The molecule has 0 aliphatic heterocycles. The summed E-state index contributed by atoms with van der Waals surface area (Å²) in [5.74, 6) is 0. The van der Waals surface area contributed by atoms with Gasteiger partial charge >= 0.3 is 0 Å². The second-order valence-electron chi connectivity index (χ2n) is 4.36. The van der Waals surface area contributed by atoms with Crippen molar-refractivity contribution in [2.45, 2.75) is 32.2 Å². The fourth-order valence-corrected chi connectivity index (χ4v) is 2.55. The van der Waals surface area contributed by atoms with Crippen LogP contribution in [0.15, 0.2) is 12.7 Å². The smallest absolute Gasteiger partial charge is 0.186 e. The molecule has 0 N–H and O–H groups in total. The van der Waals surface area contributed by atoms with Gasteiger partial charge < -0.3 is 9.16 Å². The highest BCUT2D eigenvalue weighted by atomic mass is 28.4. The van der Waals surface area contributed by atoms with Crippen molar-refractivity contribution in [2.75, 3.05) is 13.2 Å². The fourth-order valence-electron chi connectivity index (χ4n) is 1.10. The molecule has 0 aromatic heterocycles. The van der Waals surface area contributed by atoms with Gasteiger partial charge in [0.2, 0.25) is 0 Å². The summed E-state index contributed by atoms with van der Waals surface area (Å²) in [6.07, 6.45) is 1.66. The molecular weight excluding hydrogens is 194 g/mol. The van der Waals surface area contributed by atoms with Crippen LogP contribution >= 0.6 is 0 Å². The number of rotatable bonds is 6. The van der Waals surface area contributed by atoms with Crippen LogP contribution in [0.5, 0.6) is 0 Å². The molecule has 0 unspecified atom stereocenters. The van der Waals surface area contributed by atoms with E-state index in [0.29, 0.717) is 13.2 Å². The van der Waals surface area contributed by atoms with Crippen LogP contribution in [0.3, 0.4) is 0 Å². The van der Waals surface area contributed by atoms with Crippen molar-refractivity contribution in [1.29, 1.82) is 5.26 Å². The highest BCUT2D eigenvalue weighted by molar-refractivity contribution is 6.69. The molecule has 14 heavy (non-hydrogen) atoms. The lowest BCUT2D eigenvalue weighted by Gasteiger charge is -2.29. The maximum absolute atomic E-state index is 8.99. The van der Waals surface area contributed by atoms with Crippen LogP contribution in [0, 0.1) is 11.3 Å². The van der Waals surface area contributed by atoms with Crippen molar-refractivity contribution in [3.8, 4) is 6.07 Å². The first-order valence-corrected chi connectivity index (χ1v) is 8.04. The van der Waals surface area contributed by atoms with E-state index in [4.69, 9.17) is 14.4 Å². The van der Waals surface area contributed by atoms with Crippen molar-refractivity contribution < 1.29 is 9.16 Å². The van der Waals surface area contributed by atoms with Gasteiger partial charge in [-0.05, 0) is 26.6 Å². The summed E-state index contributed by atoms with van der Waals surface area (Å²) in [5.41, 5.74) is -0.826. The van der Waals surface area contributed by atoms with Gasteiger partial charge in [-0.2, -0.15) is 5.26 Å². The maximum atomic E-state index is 8.99. The van der Waals surface area contributed by atoms with Gasteiger partial charge in [0.25, 0.3) is 0 Å². The van der Waals surface area contributed by atoms with E-state index in [-0.39, 0.29) is 0 Å². The van der Waals surface area contributed by atoms with Gasteiger partial charge in [0, 0.05) is 0 Å².